The Labute approximate surface area is 106 Å². The SMILES string of the molecule is O=C=NCc1c(Br)cc(C=O)c2c1OCCO2. The maximum Gasteiger partial charge on any atom is 0.235 e. The highest BCUT2D eigenvalue weighted by molar-refractivity contribution is 9.10. The van der Waals surface area contributed by atoms with Gasteiger partial charge in [-0.3, -0.25) is 4.79 Å². The normalized spacial score (nSPS) is 12.8. The Bertz CT molecular complexity index is 509. The third-order valence-electron chi connectivity index (χ3n) is 2.32. The smallest absolute Gasteiger partial charge is 0.235 e. The van der Waals surface area contributed by atoms with Crippen molar-refractivity contribution in [2.45, 2.75) is 6.54 Å². The van der Waals surface area contributed by atoms with Crippen LogP contribution in [0.3, 0.4) is 0 Å². The molecule has 6 heteroatoms. The summed E-state index contributed by atoms with van der Waals surface area (Å²) in [6.45, 7) is 0.931. The monoisotopic (exact) mass is 297 g/mol. The standard InChI is InChI=1S/C11H8BrNO4/c12-9-3-7(5-14)10-11(17-2-1-16-10)8(9)4-13-6-15/h3,5H,1-2,4H2. The Morgan fingerprint density at radius 2 is 2.12 bits per heavy atom. The molecule has 0 saturated carbocycles. The first-order valence-corrected chi connectivity index (χ1v) is 5.67. The van der Waals surface area contributed by atoms with Crippen LogP contribution in [0.1, 0.15) is 15.9 Å². The highest BCUT2D eigenvalue weighted by atomic mass is 79.9. The second kappa shape index (κ2) is 5.12. The van der Waals surface area contributed by atoms with E-state index >= 15 is 0 Å². The van der Waals surface area contributed by atoms with Crippen LogP contribution >= 0.6 is 15.9 Å². The molecule has 0 spiro atoms. The van der Waals surface area contributed by atoms with Crippen LogP contribution in [0.15, 0.2) is 15.5 Å². The second-order valence-electron chi connectivity index (χ2n) is 3.31. The first kappa shape index (κ1) is 11.8. The molecular formula is C11H8BrNO4. The van der Waals surface area contributed by atoms with Gasteiger partial charge in [-0.2, -0.15) is 0 Å². The van der Waals surface area contributed by atoms with Crippen LogP contribution in [0, 0.1) is 0 Å². The third kappa shape index (κ3) is 2.23. The fourth-order valence-electron chi connectivity index (χ4n) is 1.60. The van der Waals surface area contributed by atoms with E-state index in [1.165, 1.54) is 6.08 Å². The molecule has 17 heavy (non-hydrogen) atoms. The summed E-state index contributed by atoms with van der Waals surface area (Å²) in [5.74, 6) is 0.872. The number of benzene rings is 1. The Balaban J connectivity index is 2.58. The van der Waals surface area contributed by atoms with Gasteiger partial charge in [0.2, 0.25) is 6.08 Å². The van der Waals surface area contributed by atoms with Gasteiger partial charge in [0, 0.05) is 10.0 Å². The molecule has 1 aliphatic heterocycles. The lowest BCUT2D eigenvalue weighted by Crippen LogP contribution is -2.18. The van der Waals surface area contributed by atoms with Crippen LogP contribution in [0.25, 0.3) is 0 Å². The van der Waals surface area contributed by atoms with Gasteiger partial charge >= 0.3 is 0 Å². The summed E-state index contributed by atoms with van der Waals surface area (Å²) in [5, 5.41) is 0. The molecule has 0 unspecified atom stereocenters. The highest BCUT2D eigenvalue weighted by Gasteiger charge is 2.22. The van der Waals surface area contributed by atoms with Crippen molar-refractivity contribution in [3.63, 3.8) is 0 Å². The molecule has 0 aromatic heterocycles. The van der Waals surface area contributed by atoms with Crippen LogP contribution < -0.4 is 9.47 Å². The lowest BCUT2D eigenvalue weighted by atomic mass is 10.1. The van der Waals surface area contributed by atoms with Gasteiger partial charge in [0.05, 0.1) is 12.1 Å². The number of ether oxygens (including phenoxy) is 2. The van der Waals surface area contributed by atoms with E-state index < -0.39 is 0 Å². The number of hydrogen-bond acceptors (Lipinski definition) is 5. The predicted octanol–water partition coefficient (Wildman–Crippen LogP) is 1.87. The van der Waals surface area contributed by atoms with Gasteiger partial charge in [-0.25, -0.2) is 9.79 Å². The van der Waals surface area contributed by atoms with E-state index in [0.717, 1.165) is 0 Å². The number of carbonyl (C=O) groups is 1. The molecule has 0 radical (unpaired) electrons. The van der Waals surface area contributed by atoms with Crippen molar-refractivity contribution in [1.29, 1.82) is 0 Å². The summed E-state index contributed by atoms with van der Waals surface area (Å²) in [5.41, 5.74) is 1.08. The Kier molecular flexibility index (Phi) is 3.56. The zero-order valence-electron chi connectivity index (χ0n) is 8.73. The molecule has 0 fully saturated rings. The lowest BCUT2D eigenvalue weighted by Gasteiger charge is -2.22. The summed E-state index contributed by atoms with van der Waals surface area (Å²) < 4.78 is 11.5. The summed E-state index contributed by atoms with van der Waals surface area (Å²) in [6.07, 6.45) is 2.17. The van der Waals surface area contributed by atoms with Gasteiger partial charge in [-0.05, 0) is 6.07 Å². The molecule has 0 N–H and O–H groups in total. The van der Waals surface area contributed by atoms with E-state index in [0.29, 0.717) is 46.6 Å². The minimum Gasteiger partial charge on any atom is -0.486 e. The molecule has 0 bridgehead atoms. The quantitative estimate of drug-likeness (QED) is 0.485. The molecule has 0 saturated heterocycles. The molecule has 0 aliphatic carbocycles. The largest absolute Gasteiger partial charge is 0.486 e. The van der Waals surface area contributed by atoms with E-state index in [2.05, 4.69) is 20.9 Å². The fraction of sp³-hybridized carbons (Fsp3) is 0.273. The van der Waals surface area contributed by atoms with Crippen molar-refractivity contribution in [3.05, 3.63) is 21.7 Å². The van der Waals surface area contributed by atoms with Crippen molar-refractivity contribution in [3.8, 4) is 11.5 Å². The van der Waals surface area contributed by atoms with Crippen LogP contribution in [-0.4, -0.2) is 25.6 Å². The van der Waals surface area contributed by atoms with Crippen LogP contribution in [0.5, 0.6) is 11.5 Å². The van der Waals surface area contributed by atoms with E-state index in [4.69, 9.17) is 9.47 Å². The van der Waals surface area contributed by atoms with Crippen molar-refractivity contribution < 1.29 is 19.1 Å². The molecule has 0 amide bonds. The van der Waals surface area contributed by atoms with Crippen LogP contribution in [0.2, 0.25) is 0 Å². The number of hydrogen-bond donors (Lipinski definition) is 0. The topological polar surface area (TPSA) is 65.0 Å². The maximum absolute atomic E-state index is 10.9. The summed E-state index contributed by atoms with van der Waals surface area (Å²) in [6, 6.07) is 1.62. The lowest BCUT2D eigenvalue weighted by molar-refractivity contribution is 0.111. The molecule has 88 valence electrons. The number of nitrogens with zero attached hydrogens (tertiary/aromatic N) is 1. The summed E-state index contributed by atoms with van der Waals surface area (Å²) >= 11 is 3.31. The summed E-state index contributed by atoms with van der Waals surface area (Å²) in [4.78, 5) is 24.6. The summed E-state index contributed by atoms with van der Waals surface area (Å²) in [7, 11) is 0. The van der Waals surface area contributed by atoms with E-state index in [1.54, 1.807) is 6.07 Å². The number of aliphatic imine (C=N–C) groups is 1. The van der Waals surface area contributed by atoms with Gasteiger partial charge in [-0.1, -0.05) is 15.9 Å². The van der Waals surface area contributed by atoms with Gasteiger partial charge < -0.3 is 9.47 Å². The van der Waals surface area contributed by atoms with Gasteiger partial charge in [-0.15, -0.1) is 0 Å². The molecule has 0 atom stereocenters. The van der Waals surface area contributed by atoms with Crippen molar-refractivity contribution in [2.24, 2.45) is 4.99 Å². The number of aldehydes is 1. The van der Waals surface area contributed by atoms with E-state index in [9.17, 15) is 9.59 Å². The van der Waals surface area contributed by atoms with Crippen molar-refractivity contribution in [1.82, 2.24) is 0 Å². The second-order valence-corrected chi connectivity index (χ2v) is 4.16. The number of isocyanates is 1. The molecule has 1 aromatic carbocycles. The first-order valence-electron chi connectivity index (χ1n) is 4.87. The number of halogens is 1. The van der Waals surface area contributed by atoms with Gasteiger partial charge in [0.1, 0.15) is 13.2 Å². The zero-order chi connectivity index (χ0) is 12.3. The maximum atomic E-state index is 10.9. The average molecular weight is 298 g/mol. The highest BCUT2D eigenvalue weighted by Crippen LogP contribution is 2.41. The third-order valence-corrected chi connectivity index (χ3v) is 3.03. The van der Waals surface area contributed by atoms with Gasteiger partial charge in [0.25, 0.3) is 0 Å². The molecular weight excluding hydrogens is 290 g/mol. The Hall–Kier alpha value is -1.65. The van der Waals surface area contributed by atoms with Crippen LogP contribution in [0.4, 0.5) is 0 Å². The Morgan fingerprint density at radius 1 is 1.41 bits per heavy atom. The Morgan fingerprint density at radius 3 is 2.76 bits per heavy atom. The van der Waals surface area contributed by atoms with Crippen molar-refractivity contribution >= 4 is 28.3 Å². The van der Waals surface area contributed by atoms with Gasteiger partial charge in [0.15, 0.2) is 17.8 Å². The first-order chi connectivity index (χ1) is 8.27. The molecule has 1 aromatic rings. The van der Waals surface area contributed by atoms with Crippen molar-refractivity contribution in [2.75, 3.05) is 13.2 Å². The molecule has 5 nitrogen and oxygen atoms in total. The zero-order valence-corrected chi connectivity index (χ0v) is 10.3. The molecule has 1 heterocycles. The minimum atomic E-state index is 0.134. The van der Waals surface area contributed by atoms with E-state index in [-0.39, 0.29) is 6.54 Å². The molecule has 2 rings (SSSR count). The number of carbonyl (C=O) groups excluding carboxylic acids is 2. The average Bonchev–Trinajstić information content (AvgIpc) is 2.37. The predicted molar refractivity (Wildman–Crippen MR) is 62.3 cm³/mol. The number of rotatable bonds is 3. The van der Waals surface area contributed by atoms with E-state index in [1.807, 2.05) is 0 Å². The molecule has 1 aliphatic rings. The minimum absolute atomic E-state index is 0.134. The van der Waals surface area contributed by atoms with Crippen LogP contribution in [-0.2, 0) is 11.3 Å². The number of fused-ring (bicyclic) bond motifs is 1. The fourth-order valence-corrected chi connectivity index (χ4v) is 2.15.